The Morgan fingerprint density at radius 1 is 0.545 bits per heavy atom. The van der Waals surface area contributed by atoms with Gasteiger partial charge in [0.05, 0.1) is 13.2 Å². The fraction of sp³-hybridized carbons (Fsp3) is 0.884. The molecule has 0 aliphatic carbocycles. The Balaban J connectivity index is 4.33. The monoisotopic (exact) mass is 804 g/mol. The Bertz CT molecular complexity index is 995. The minimum atomic E-state index is -4.71. The third kappa shape index (κ3) is 38.9. The number of phosphoric acid groups is 1. The second kappa shape index (κ2) is 39.1. The van der Waals surface area contributed by atoms with Gasteiger partial charge in [-0.2, -0.15) is 0 Å². The average Bonchev–Trinajstić information content (AvgIpc) is 3.16. The molecule has 0 aromatic rings. The Morgan fingerprint density at radius 2 is 0.909 bits per heavy atom. The fourth-order valence-electron chi connectivity index (χ4n) is 6.24. The molecule has 0 saturated heterocycles. The number of hydrogen-bond donors (Lipinski definition) is 3. The Morgan fingerprint density at radius 3 is 1.33 bits per heavy atom. The number of unbranched alkanes of at least 4 members (excludes halogenated alkanes) is 26. The first-order valence-electron chi connectivity index (χ1n) is 22.2. The number of carbonyl (C=O) groups is 3. The summed E-state index contributed by atoms with van der Waals surface area (Å²) >= 11 is 0. The van der Waals surface area contributed by atoms with Crippen LogP contribution < -0.4 is 5.73 Å². The number of ether oxygens (including phenoxy) is 2. The lowest BCUT2D eigenvalue weighted by Gasteiger charge is -2.20. The van der Waals surface area contributed by atoms with Crippen molar-refractivity contribution in [3.05, 3.63) is 12.2 Å². The molecule has 0 aromatic heterocycles. The molecule has 0 aliphatic rings. The van der Waals surface area contributed by atoms with Crippen LogP contribution >= 0.6 is 7.82 Å². The number of carboxylic acids is 1. The maximum atomic E-state index is 12.6. The molecule has 0 aromatic carbocycles. The van der Waals surface area contributed by atoms with E-state index in [0.29, 0.717) is 12.8 Å². The van der Waals surface area contributed by atoms with Crippen LogP contribution in [0.1, 0.15) is 213 Å². The summed E-state index contributed by atoms with van der Waals surface area (Å²) in [7, 11) is -4.71. The standard InChI is InChI=1S/C43H82NO10P/c1-3-5-7-9-11-13-15-17-19-21-22-24-26-28-30-32-34-41(45)51-36-39(37-52-55(49,50)53-38-40(44)43(47)48)54-42(46)35-33-31-29-27-25-23-20-18-16-14-12-10-8-6-4-2/h18,20,39-40H,3-17,19,21-38,44H2,1-2H3,(H,47,48)(H,49,50)/b20-18-. The number of rotatable bonds is 42. The van der Waals surface area contributed by atoms with Gasteiger partial charge in [0.25, 0.3) is 0 Å². The molecule has 0 fully saturated rings. The molecular formula is C43H82NO10P. The van der Waals surface area contributed by atoms with Gasteiger partial charge < -0.3 is 25.2 Å². The minimum absolute atomic E-state index is 0.155. The molecule has 0 amide bonds. The van der Waals surface area contributed by atoms with Gasteiger partial charge in [-0.1, -0.05) is 174 Å². The van der Waals surface area contributed by atoms with E-state index in [-0.39, 0.29) is 19.4 Å². The van der Waals surface area contributed by atoms with Gasteiger partial charge in [-0.3, -0.25) is 23.4 Å². The van der Waals surface area contributed by atoms with Crippen LogP contribution in [0.3, 0.4) is 0 Å². The first-order valence-corrected chi connectivity index (χ1v) is 23.7. The van der Waals surface area contributed by atoms with Crippen LogP contribution in [-0.2, 0) is 37.5 Å². The zero-order valence-corrected chi connectivity index (χ0v) is 35.9. The van der Waals surface area contributed by atoms with Crippen molar-refractivity contribution >= 4 is 25.7 Å². The fourth-order valence-corrected chi connectivity index (χ4v) is 7.02. The van der Waals surface area contributed by atoms with Gasteiger partial charge in [0, 0.05) is 12.8 Å². The SMILES string of the molecule is CCCCCCCC/C=C\CCCCCCCC(=O)OC(COC(=O)CCCCCCCCCCCCCCCCCC)COP(=O)(O)OCC(N)C(=O)O. The average molecular weight is 804 g/mol. The van der Waals surface area contributed by atoms with Crippen LogP contribution in [0.4, 0.5) is 0 Å². The van der Waals surface area contributed by atoms with Gasteiger partial charge in [0.2, 0.25) is 0 Å². The van der Waals surface area contributed by atoms with E-state index >= 15 is 0 Å². The largest absolute Gasteiger partial charge is 0.480 e. The van der Waals surface area contributed by atoms with Crippen LogP contribution in [0.25, 0.3) is 0 Å². The number of allylic oxidation sites excluding steroid dienone is 2. The van der Waals surface area contributed by atoms with Crippen molar-refractivity contribution in [1.29, 1.82) is 0 Å². The van der Waals surface area contributed by atoms with Crippen LogP contribution in [0.15, 0.2) is 12.2 Å². The van der Waals surface area contributed by atoms with Crippen molar-refractivity contribution in [3.8, 4) is 0 Å². The minimum Gasteiger partial charge on any atom is -0.480 e. The van der Waals surface area contributed by atoms with E-state index < -0.39 is 51.1 Å². The summed E-state index contributed by atoms with van der Waals surface area (Å²) in [6.45, 7) is 2.81. The smallest absolute Gasteiger partial charge is 0.472 e. The van der Waals surface area contributed by atoms with Crippen LogP contribution in [0, 0.1) is 0 Å². The molecule has 4 N–H and O–H groups in total. The summed E-state index contributed by atoms with van der Waals surface area (Å²) < 4.78 is 32.7. The molecule has 3 unspecified atom stereocenters. The van der Waals surface area contributed by atoms with E-state index in [1.54, 1.807) is 0 Å². The van der Waals surface area contributed by atoms with Crippen molar-refractivity contribution < 1.29 is 47.5 Å². The Kier molecular flexibility index (Phi) is 37.8. The number of nitrogens with two attached hydrogens (primary N) is 1. The molecule has 55 heavy (non-hydrogen) atoms. The van der Waals surface area contributed by atoms with Gasteiger partial charge in [0.15, 0.2) is 6.10 Å². The second-order valence-electron chi connectivity index (χ2n) is 15.2. The first-order chi connectivity index (χ1) is 26.6. The van der Waals surface area contributed by atoms with E-state index in [9.17, 15) is 23.8 Å². The van der Waals surface area contributed by atoms with Gasteiger partial charge >= 0.3 is 25.7 Å². The topological polar surface area (TPSA) is 172 Å². The number of hydrogen-bond acceptors (Lipinski definition) is 9. The summed E-state index contributed by atoms with van der Waals surface area (Å²) in [6, 6.07) is -1.52. The van der Waals surface area contributed by atoms with Gasteiger partial charge in [-0.25, -0.2) is 4.57 Å². The molecule has 0 saturated carbocycles. The molecule has 0 bridgehead atoms. The molecule has 0 heterocycles. The molecule has 0 aliphatic heterocycles. The van der Waals surface area contributed by atoms with Crippen LogP contribution in [0.5, 0.6) is 0 Å². The summed E-state index contributed by atoms with van der Waals surface area (Å²) in [4.78, 5) is 45.9. The molecule has 3 atom stereocenters. The number of esters is 2. The number of carbonyl (C=O) groups excluding carboxylic acids is 2. The predicted molar refractivity (Wildman–Crippen MR) is 222 cm³/mol. The zero-order chi connectivity index (χ0) is 40.7. The highest BCUT2D eigenvalue weighted by atomic mass is 31.2. The van der Waals surface area contributed by atoms with E-state index in [4.69, 9.17) is 24.8 Å². The van der Waals surface area contributed by atoms with E-state index in [2.05, 4.69) is 30.5 Å². The maximum absolute atomic E-state index is 12.6. The molecule has 0 rings (SSSR count). The second-order valence-corrected chi connectivity index (χ2v) is 16.6. The molecule has 11 nitrogen and oxygen atoms in total. The predicted octanol–water partition coefficient (Wildman–Crippen LogP) is 11.7. The third-order valence-electron chi connectivity index (χ3n) is 9.76. The lowest BCUT2D eigenvalue weighted by atomic mass is 10.0. The lowest BCUT2D eigenvalue weighted by molar-refractivity contribution is -0.161. The zero-order valence-electron chi connectivity index (χ0n) is 35.0. The first kappa shape index (κ1) is 53.2. The summed E-state index contributed by atoms with van der Waals surface area (Å²) in [6.07, 6.45) is 38.4. The quantitative estimate of drug-likeness (QED) is 0.0232. The molecular weight excluding hydrogens is 721 g/mol. The van der Waals surface area contributed by atoms with Crippen molar-refractivity contribution in [3.63, 3.8) is 0 Å². The summed E-state index contributed by atoms with van der Waals surface area (Å²) in [5.74, 6) is -2.38. The normalized spacial score (nSPS) is 13.8. The van der Waals surface area contributed by atoms with Gasteiger partial charge in [-0.05, 0) is 38.5 Å². The number of aliphatic carboxylic acids is 1. The highest BCUT2D eigenvalue weighted by Gasteiger charge is 2.28. The van der Waals surface area contributed by atoms with Crippen LogP contribution in [0.2, 0.25) is 0 Å². The number of phosphoric ester groups is 1. The Labute approximate surface area is 335 Å². The third-order valence-corrected chi connectivity index (χ3v) is 10.7. The highest BCUT2D eigenvalue weighted by Crippen LogP contribution is 2.43. The molecule has 12 heteroatoms. The highest BCUT2D eigenvalue weighted by molar-refractivity contribution is 7.47. The van der Waals surface area contributed by atoms with Gasteiger partial charge in [-0.15, -0.1) is 0 Å². The lowest BCUT2D eigenvalue weighted by Crippen LogP contribution is -2.34. The Hall–Kier alpha value is -1.78. The number of carboxylic acid groups (broad SMARTS) is 1. The molecule has 0 spiro atoms. The van der Waals surface area contributed by atoms with Crippen molar-refractivity contribution in [2.24, 2.45) is 5.73 Å². The van der Waals surface area contributed by atoms with Gasteiger partial charge in [0.1, 0.15) is 12.6 Å². The van der Waals surface area contributed by atoms with Crippen LogP contribution in [-0.4, -0.2) is 59.9 Å². The van der Waals surface area contributed by atoms with E-state index in [0.717, 1.165) is 57.8 Å². The summed E-state index contributed by atoms with van der Waals surface area (Å²) in [5.41, 5.74) is 5.33. The van der Waals surface area contributed by atoms with E-state index in [1.807, 2.05) is 0 Å². The molecule has 324 valence electrons. The van der Waals surface area contributed by atoms with Crippen molar-refractivity contribution in [2.75, 3.05) is 19.8 Å². The van der Waals surface area contributed by atoms with Crippen molar-refractivity contribution in [2.45, 2.75) is 225 Å². The summed E-state index contributed by atoms with van der Waals surface area (Å²) in [5, 5.41) is 8.89. The molecule has 0 radical (unpaired) electrons. The van der Waals surface area contributed by atoms with Crippen molar-refractivity contribution in [1.82, 2.24) is 0 Å². The van der Waals surface area contributed by atoms with E-state index in [1.165, 1.54) is 116 Å². The maximum Gasteiger partial charge on any atom is 0.472 e.